The second kappa shape index (κ2) is 6.81. The molecule has 3 heterocycles. The maximum absolute atomic E-state index is 11.4. The van der Waals surface area contributed by atoms with E-state index in [0.29, 0.717) is 6.54 Å². The van der Waals surface area contributed by atoms with Gasteiger partial charge in [-0.25, -0.2) is 23.5 Å². The van der Waals surface area contributed by atoms with Crippen molar-refractivity contribution in [1.82, 2.24) is 19.5 Å². The highest BCUT2D eigenvalue weighted by molar-refractivity contribution is 7.89. The SMILES string of the molecule is Cc1ncc2nc(C)n(Cc3ccc(S(N)(=O)=O)nc3)c2c1-c1ccccc1. The van der Waals surface area contributed by atoms with Gasteiger partial charge < -0.3 is 4.57 Å². The first-order chi connectivity index (χ1) is 13.3. The fourth-order valence-corrected chi connectivity index (χ4v) is 3.79. The third-order valence-electron chi connectivity index (χ3n) is 4.66. The summed E-state index contributed by atoms with van der Waals surface area (Å²) in [4.78, 5) is 13.2. The topological polar surface area (TPSA) is 104 Å². The Kier molecular flexibility index (Phi) is 4.44. The second-order valence-corrected chi connectivity index (χ2v) is 8.12. The summed E-state index contributed by atoms with van der Waals surface area (Å²) in [6.07, 6.45) is 3.31. The number of hydrogen-bond donors (Lipinski definition) is 1. The van der Waals surface area contributed by atoms with Gasteiger partial charge in [-0.2, -0.15) is 0 Å². The number of fused-ring (bicyclic) bond motifs is 1. The predicted molar refractivity (Wildman–Crippen MR) is 107 cm³/mol. The Bertz CT molecular complexity index is 1260. The van der Waals surface area contributed by atoms with E-state index in [2.05, 4.69) is 31.7 Å². The average molecular weight is 393 g/mol. The van der Waals surface area contributed by atoms with Crippen LogP contribution in [0.4, 0.5) is 0 Å². The minimum atomic E-state index is -3.81. The molecule has 0 amide bonds. The smallest absolute Gasteiger partial charge is 0.255 e. The second-order valence-electron chi connectivity index (χ2n) is 6.61. The molecule has 0 fully saturated rings. The number of rotatable bonds is 4. The number of pyridine rings is 2. The number of benzene rings is 1. The average Bonchev–Trinajstić information content (AvgIpc) is 2.98. The fourth-order valence-electron chi connectivity index (χ4n) is 3.33. The lowest BCUT2D eigenvalue weighted by atomic mass is 10.0. The van der Waals surface area contributed by atoms with E-state index >= 15 is 0 Å². The lowest BCUT2D eigenvalue weighted by Crippen LogP contribution is -2.14. The molecule has 0 aliphatic carbocycles. The van der Waals surface area contributed by atoms with Crippen LogP contribution >= 0.6 is 0 Å². The zero-order valence-corrected chi connectivity index (χ0v) is 16.3. The van der Waals surface area contributed by atoms with Crippen molar-refractivity contribution in [3.05, 3.63) is 71.9 Å². The summed E-state index contributed by atoms with van der Waals surface area (Å²) in [5.41, 5.74) is 5.68. The molecule has 7 nitrogen and oxygen atoms in total. The van der Waals surface area contributed by atoms with E-state index in [0.717, 1.165) is 39.2 Å². The standard InChI is InChI=1S/C20H19N5O2S/c1-13-19(16-6-4-3-5-7-16)20-17(11-22-13)24-14(2)25(20)12-15-8-9-18(23-10-15)28(21,26)27/h3-11H,12H2,1-2H3,(H2,21,26,27). The molecule has 0 radical (unpaired) electrons. The Morgan fingerprint density at radius 3 is 2.39 bits per heavy atom. The summed E-state index contributed by atoms with van der Waals surface area (Å²) < 4.78 is 24.9. The molecule has 142 valence electrons. The first-order valence-corrected chi connectivity index (χ1v) is 10.2. The molecule has 0 aliphatic rings. The molecular weight excluding hydrogens is 374 g/mol. The van der Waals surface area contributed by atoms with E-state index in [1.165, 1.54) is 12.3 Å². The van der Waals surface area contributed by atoms with Crippen LogP contribution in [0.25, 0.3) is 22.2 Å². The molecule has 4 rings (SSSR count). The van der Waals surface area contributed by atoms with E-state index in [9.17, 15) is 8.42 Å². The summed E-state index contributed by atoms with van der Waals surface area (Å²) in [6, 6.07) is 13.2. The van der Waals surface area contributed by atoms with E-state index in [4.69, 9.17) is 5.14 Å². The van der Waals surface area contributed by atoms with Crippen LogP contribution in [0.5, 0.6) is 0 Å². The molecule has 0 atom stereocenters. The van der Waals surface area contributed by atoms with Gasteiger partial charge in [0.1, 0.15) is 11.3 Å². The number of nitrogens with zero attached hydrogens (tertiary/aromatic N) is 4. The largest absolute Gasteiger partial charge is 0.323 e. The van der Waals surface area contributed by atoms with Gasteiger partial charge in [0.2, 0.25) is 0 Å². The van der Waals surface area contributed by atoms with Crippen molar-refractivity contribution >= 4 is 21.1 Å². The highest BCUT2D eigenvalue weighted by Gasteiger charge is 2.17. The Morgan fingerprint density at radius 2 is 1.75 bits per heavy atom. The molecule has 3 aromatic heterocycles. The van der Waals surface area contributed by atoms with Gasteiger partial charge in [-0.05, 0) is 31.0 Å². The third-order valence-corrected chi connectivity index (χ3v) is 5.48. The first kappa shape index (κ1) is 18.3. The number of primary sulfonamides is 1. The Labute approximate surface area is 163 Å². The Balaban J connectivity index is 1.86. The quantitative estimate of drug-likeness (QED) is 0.574. The van der Waals surface area contributed by atoms with E-state index in [-0.39, 0.29) is 5.03 Å². The van der Waals surface area contributed by atoms with Crippen molar-refractivity contribution in [3.8, 4) is 11.1 Å². The number of sulfonamides is 1. The van der Waals surface area contributed by atoms with Gasteiger partial charge in [0.15, 0.2) is 5.03 Å². The van der Waals surface area contributed by atoms with Crippen molar-refractivity contribution < 1.29 is 8.42 Å². The molecule has 0 unspecified atom stereocenters. The maximum atomic E-state index is 11.4. The summed E-state index contributed by atoms with van der Waals surface area (Å²) in [5, 5.41) is 4.98. The lowest BCUT2D eigenvalue weighted by Gasteiger charge is -2.12. The van der Waals surface area contributed by atoms with Crippen LogP contribution in [0.1, 0.15) is 17.1 Å². The van der Waals surface area contributed by atoms with Gasteiger partial charge in [-0.3, -0.25) is 4.98 Å². The van der Waals surface area contributed by atoms with Crippen LogP contribution in [0.2, 0.25) is 0 Å². The molecule has 0 bridgehead atoms. The van der Waals surface area contributed by atoms with Crippen molar-refractivity contribution in [2.75, 3.05) is 0 Å². The van der Waals surface area contributed by atoms with Gasteiger partial charge in [-0.1, -0.05) is 36.4 Å². The summed E-state index contributed by atoms with van der Waals surface area (Å²) in [5.74, 6) is 0.843. The van der Waals surface area contributed by atoms with Crippen LogP contribution in [0.3, 0.4) is 0 Å². The molecule has 0 spiro atoms. The fraction of sp³-hybridized carbons (Fsp3) is 0.150. The minimum Gasteiger partial charge on any atom is -0.323 e. The summed E-state index contributed by atoms with van der Waals surface area (Å²) >= 11 is 0. The molecule has 0 saturated carbocycles. The highest BCUT2D eigenvalue weighted by Crippen LogP contribution is 2.31. The van der Waals surface area contributed by atoms with Gasteiger partial charge in [0, 0.05) is 17.5 Å². The third kappa shape index (κ3) is 3.28. The predicted octanol–water partition coefficient (Wildman–Crippen LogP) is 2.81. The van der Waals surface area contributed by atoms with Gasteiger partial charge >= 0.3 is 0 Å². The van der Waals surface area contributed by atoms with E-state index in [1.807, 2.05) is 32.0 Å². The molecule has 8 heteroatoms. The van der Waals surface area contributed by atoms with Crippen molar-refractivity contribution in [2.24, 2.45) is 5.14 Å². The van der Waals surface area contributed by atoms with E-state index in [1.54, 1.807) is 12.3 Å². The van der Waals surface area contributed by atoms with Crippen LogP contribution < -0.4 is 5.14 Å². The maximum Gasteiger partial charge on any atom is 0.255 e. The molecular formula is C20H19N5O2S. The minimum absolute atomic E-state index is 0.145. The molecule has 28 heavy (non-hydrogen) atoms. The number of hydrogen-bond acceptors (Lipinski definition) is 5. The zero-order chi connectivity index (χ0) is 19.9. The molecule has 0 aliphatic heterocycles. The highest BCUT2D eigenvalue weighted by atomic mass is 32.2. The van der Waals surface area contributed by atoms with E-state index < -0.39 is 10.0 Å². The van der Waals surface area contributed by atoms with Crippen molar-refractivity contribution in [2.45, 2.75) is 25.4 Å². The van der Waals surface area contributed by atoms with Crippen molar-refractivity contribution in [3.63, 3.8) is 0 Å². The normalized spacial score (nSPS) is 11.8. The number of imidazole rings is 1. The zero-order valence-electron chi connectivity index (χ0n) is 15.5. The monoisotopic (exact) mass is 393 g/mol. The molecule has 4 aromatic rings. The van der Waals surface area contributed by atoms with Crippen LogP contribution in [0.15, 0.2) is 59.9 Å². The summed E-state index contributed by atoms with van der Waals surface area (Å²) in [6.45, 7) is 4.43. The molecule has 2 N–H and O–H groups in total. The Hall–Kier alpha value is -3.10. The van der Waals surface area contributed by atoms with Crippen LogP contribution in [0, 0.1) is 13.8 Å². The Morgan fingerprint density at radius 1 is 1.00 bits per heavy atom. The lowest BCUT2D eigenvalue weighted by molar-refractivity contribution is 0.594. The number of nitrogens with two attached hydrogens (primary N) is 1. The number of aryl methyl sites for hydroxylation is 2. The van der Waals surface area contributed by atoms with Crippen LogP contribution in [-0.4, -0.2) is 27.9 Å². The first-order valence-electron chi connectivity index (χ1n) is 8.70. The van der Waals surface area contributed by atoms with Gasteiger partial charge in [0.25, 0.3) is 10.0 Å². The molecule has 1 aromatic carbocycles. The summed E-state index contributed by atoms with van der Waals surface area (Å²) in [7, 11) is -3.81. The molecule has 0 saturated heterocycles. The number of aromatic nitrogens is 4. The van der Waals surface area contributed by atoms with Gasteiger partial charge in [0.05, 0.1) is 18.3 Å². The van der Waals surface area contributed by atoms with Crippen LogP contribution in [-0.2, 0) is 16.6 Å². The van der Waals surface area contributed by atoms with Crippen molar-refractivity contribution in [1.29, 1.82) is 0 Å². The van der Waals surface area contributed by atoms with Gasteiger partial charge in [-0.15, -0.1) is 0 Å².